The van der Waals surface area contributed by atoms with Crippen molar-refractivity contribution in [1.82, 2.24) is 0 Å². The maximum atomic E-state index is 13.2. The van der Waals surface area contributed by atoms with E-state index in [0.717, 1.165) is 0 Å². The predicted molar refractivity (Wildman–Crippen MR) is 122 cm³/mol. The summed E-state index contributed by atoms with van der Waals surface area (Å²) in [6.07, 6.45) is 0. The van der Waals surface area contributed by atoms with Gasteiger partial charge in [-0.3, -0.25) is 19.2 Å². The van der Waals surface area contributed by atoms with Crippen LogP contribution in [0.4, 0.5) is 0 Å². The Hall–Kier alpha value is -3.86. The Bertz CT molecular complexity index is 1270. The molecule has 33 heavy (non-hydrogen) atoms. The van der Waals surface area contributed by atoms with Crippen molar-refractivity contribution in [3.05, 3.63) is 94.5 Å². The van der Waals surface area contributed by atoms with E-state index < -0.39 is 17.3 Å². The number of carbonyl (C=O) groups is 4. The Labute approximate surface area is 191 Å². The highest BCUT2D eigenvalue weighted by Gasteiger charge is 2.48. The van der Waals surface area contributed by atoms with Gasteiger partial charge >= 0.3 is 0 Å². The highest BCUT2D eigenvalue weighted by molar-refractivity contribution is 6.33. The number of hydrogen-bond donors (Lipinski definition) is 0. The van der Waals surface area contributed by atoms with Gasteiger partial charge in [0, 0.05) is 22.3 Å². The summed E-state index contributed by atoms with van der Waals surface area (Å²) in [6.45, 7) is 5.51. The van der Waals surface area contributed by atoms with Crippen molar-refractivity contribution < 1.29 is 23.9 Å². The second-order valence-electron chi connectivity index (χ2n) is 9.62. The lowest BCUT2D eigenvalue weighted by molar-refractivity contribution is 0.0727. The van der Waals surface area contributed by atoms with Crippen LogP contribution in [0.15, 0.2) is 66.7 Å². The summed E-state index contributed by atoms with van der Waals surface area (Å²) in [6, 6.07) is 19.0. The molecule has 0 radical (unpaired) electrons. The molecular formula is C28H22O5. The van der Waals surface area contributed by atoms with Crippen molar-refractivity contribution in [3.8, 4) is 11.5 Å². The first-order chi connectivity index (χ1) is 15.7. The van der Waals surface area contributed by atoms with E-state index >= 15 is 0 Å². The van der Waals surface area contributed by atoms with Crippen molar-refractivity contribution in [2.24, 2.45) is 11.3 Å². The number of fused-ring (bicyclic) bond motifs is 2. The third-order valence-corrected chi connectivity index (χ3v) is 6.33. The molecule has 2 aliphatic carbocycles. The first-order valence-electron chi connectivity index (χ1n) is 10.8. The van der Waals surface area contributed by atoms with Crippen LogP contribution >= 0.6 is 0 Å². The summed E-state index contributed by atoms with van der Waals surface area (Å²) in [5, 5.41) is 0. The van der Waals surface area contributed by atoms with Crippen molar-refractivity contribution in [3.63, 3.8) is 0 Å². The van der Waals surface area contributed by atoms with E-state index in [2.05, 4.69) is 0 Å². The average Bonchev–Trinajstić information content (AvgIpc) is 3.18. The molecule has 0 spiro atoms. The van der Waals surface area contributed by atoms with Gasteiger partial charge in [-0.15, -0.1) is 0 Å². The topological polar surface area (TPSA) is 77.5 Å². The lowest BCUT2D eigenvalue weighted by Gasteiger charge is -2.23. The number of carbonyl (C=O) groups excluding carboxylic acids is 4. The molecule has 0 saturated heterocycles. The Balaban J connectivity index is 1.46. The standard InChI is InChI=1S/C28H22O5/c1-28(2,3)23-26(31)20-13-18-19(14-21(20)27(23)32)25(30)22(24(18)29)15-9-11-17(12-10-15)33-16-7-5-4-6-8-16/h4-14,22-23H,1-3H3. The van der Waals surface area contributed by atoms with Gasteiger partial charge in [0.15, 0.2) is 23.1 Å². The molecule has 0 heterocycles. The van der Waals surface area contributed by atoms with Crippen molar-refractivity contribution >= 4 is 23.1 Å². The number of hydrogen-bond acceptors (Lipinski definition) is 5. The van der Waals surface area contributed by atoms with E-state index in [1.807, 2.05) is 51.1 Å². The van der Waals surface area contributed by atoms with Crippen LogP contribution in [0.5, 0.6) is 11.5 Å². The number of benzene rings is 3. The van der Waals surface area contributed by atoms with E-state index in [9.17, 15) is 19.2 Å². The first-order valence-corrected chi connectivity index (χ1v) is 10.8. The van der Waals surface area contributed by atoms with Crippen LogP contribution in [0.25, 0.3) is 0 Å². The second kappa shape index (κ2) is 7.34. The largest absolute Gasteiger partial charge is 0.457 e. The summed E-state index contributed by atoms with van der Waals surface area (Å²) in [5.41, 5.74) is 0.914. The van der Waals surface area contributed by atoms with Gasteiger partial charge in [-0.1, -0.05) is 51.1 Å². The molecule has 0 amide bonds. The molecule has 5 nitrogen and oxygen atoms in total. The number of rotatable bonds is 3. The Morgan fingerprint density at radius 1 is 0.606 bits per heavy atom. The number of Topliss-reactive ketones (excluding diaryl/α,β-unsaturated/α-hetero) is 4. The molecule has 0 bridgehead atoms. The van der Waals surface area contributed by atoms with Gasteiger partial charge in [0.2, 0.25) is 0 Å². The molecule has 0 saturated carbocycles. The van der Waals surface area contributed by atoms with Crippen molar-refractivity contribution in [1.29, 1.82) is 0 Å². The third-order valence-electron chi connectivity index (χ3n) is 6.33. The fourth-order valence-electron chi connectivity index (χ4n) is 4.72. The maximum absolute atomic E-state index is 13.2. The Kier molecular flexibility index (Phi) is 4.67. The summed E-state index contributed by atoms with van der Waals surface area (Å²) >= 11 is 0. The Morgan fingerprint density at radius 3 is 1.55 bits per heavy atom. The van der Waals surface area contributed by atoms with Gasteiger partial charge in [-0.2, -0.15) is 0 Å². The molecule has 0 N–H and O–H groups in total. The minimum atomic E-state index is -0.989. The average molecular weight is 438 g/mol. The van der Waals surface area contributed by atoms with Crippen molar-refractivity contribution in [2.75, 3.05) is 0 Å². The first kappa shape index (κ1) is 21.0. The fourth-order valence-corrected chi connectivity index (χ4v) is 4.72. The summed E-state index contributed by atoms with van der Waals surface area (Å²) in [7, 11) is 0. The minimum absolute atomic E-state index is 0.212. The molecule has 0 fully saturated rings. The van der Waals surface area contributed by atoms with Gasteiger partial charge in [-0.25, -0.2) is 0 Å². The number of para-hydroxylation sites is 1. The minimum Gasteiger partial charge on any atom is -0.457 e. The fraction of sp³-hybridized carbons (Fsp3) is 0.214. The van der Waals surface area contributed by atoms with E-state index in [4.69, 9.17) is 4.74 Å². The highest BCUT2D eigenvalue weighted by atomic mass is 16.5. The van der Waals surface area contributed by atoms with E-state index in [0.29, 0.717) is 17.1 Å². The van der Waals surface area contributed by atoms with Crippen LogP contribution < -0.4 is 4.74 Å². The molecule has 3 aromatic carbocycles. The van der Waals surface area contributed by atoms with Gasteiger partial charge in [0.25, 0.3) is 0 Å². The number of ether oxygens (including phenoxy) is 1. The second-order valence-corrected chi connectivity index (χ2v) is 9.62. The zero-order valence-electron chi connectivity index (χ0n) is 18.5. The molecule has 5 rings (SSSR count). The number of ketones is 4. The van der Waals surface area contributed by atoms with Crippen LogP contribution in [-0.4, -0.2) is 23.1 Å². The highest BCUT2D eigenvalue weighted by Crippen LogP contribution is 2.42. The van der Waals surface area contributed by atoms with Crippen molar-refractivity contribution in [2.45, 2.75) is 26.7 Å². The van der Waals surface area contributed by atoms with Crippen LogP contribution in [0.1, 0.15) is 73.7 Å². The molecule has 3 aromatic rings. The SMILES string of the molecule is CC(C)(C)C1C(=O)c2cc3c(cc2C1=O)C(=O)C(c1ccc(Oc2ccccc2)cc1)C3=O. The monoisotopic (exact) mass is 438 g/mol. The third kappa shape index (κ3) is 3.32. The van der Waals surface area contributed by atoms with E-state index in [-0.39, 0.29) is 45.4 Å². The normalized spacial score (nSPS) is 16.3. The van der Waals surface area contributed by atoms with E-state index in [1.165, 1.54) is 12.1 Å². The lowest BCUT2D eigenvalue weighted by atomic mass is 9.78. The molecule has 5 heteroatoms. The predicted octanol–water partition coefficient (Wildman–Crippen LogP) is 5.68. The zero-order chi connectivity index (χ0) is 23.5. The summed E-state index contributed by atoms with van der Waals surface area (Å²) in [4.78, 5) is 52.3. The molecule has 0 atom stereocenters. The van der Waals surface area contributed by atoms with Crippen LogP contribution in [0, 0.1) is 11.3 Å². The smallest absolute Gasteiger partial charge is 0.178 e. The van der Waals surface area contributed by atoms with Crippen LogP contribution in [0.2, 0.25) is 0 Å². The van der Waals surface area contributed by atoms with Gasteiger partial charge < -0.3 is 4.74 Å². The molecule has 0 unspecified atom stereocenters. The van der Waals surface area contributed by atoms with Gasteiger partial charge in [0.1, 0.15) is 17.4 Å². The maximum Gasteiger partial charge on any atom is 0.178 e. The Morgan fingerprint density at radius 2 is 1.06 bits per heavy atom. The van der Waals surface area contributed by atoms with Gasteiger partial charge in [0.05, 0.1) is 5.92 Å². The summed E-state index contributed by atoms with van der Waals surface area (Å²) in [5.74, 6) is -1.78. The zero-order valence-corrected chi connectivity index (χ0v) is 18.5. The van der Waals surface area contributed by atoms with Crippen LogP contribution in [-0.2, 0) is 0 Å². The molecule has 2 aliphatic rings. The quantitative estimate of drug-likeness (QED) is 0.492. The molecule has 0 aliphatic heterocycles. The van der Waals surface area contributed by atoms with Gasteiger partial charge in [-0.05, 0) is 47.4 Å². The molecule has 0 aromatic heterocycles. The molecular weight excluding hydrogens is 416 g/mol. The molecule has 164 valence electrons. The van der Waals surface area contributed by atoms with E-state index in [1.54, 1.807) is 24.3 Å². The van der Waals surface area contributed by atoms with Crippen LogP contribution in [0.3, 0.4) is 0 Å². The lowest BCUT2D eigenvalue weighted by Crippen LogP contribution is -2.30. The summed E-state index contributed by atoms with van der Waals surface area (Å²) < 4.78 is 5.78.